The van der Waals surface area contributed by atoms with Gasteiger partial charge in [0.05, 0.1) is 5.52 Å². The molecule has 0 spiro atoms. The fourth-order valence-electron chi connectivity index (χ4n) is 3.31. The van der Waals surface area contributed by atoms with Crippen molar-refractivity contribution in [3.05, 3.63) is 99.4 Å². The first-order chi connectivity index (χ1) is 15.0. The van der Waals surface area contributed by atoms with Crippen LogP contribution in [-0.4, -0.2) is 15.5 Å². The molecule has 0 atom stereocenters. The van der Waals surface area contributed by atoms with Crippen LogP contribution < -0.4 is 16.3 Å². The number of hydrogen-bond donors (Lipinski definition) is 2. The van der Waals surface area contributed by atoms with E-state index < -0.39 is 5.69 Å². The van der Waals surface area contributed by atoms with Gasteiger partial charge in [-0.15, -0.1) is 0 Å². The summed E-state index contributed by atoms with van der Waals surface area (Å²) in [6.45, 7) is 2.27. The van der Waals surface area contributed by atoms with Gasteiger partial charge in [0.1, 0.15) is 12.4 Å². The number of benzene rings is 3. The Morgan fingerprint density at radius 3 is 2.55 bits per heavy atom. The quantitative estimate of drug-likeness (QED) is 0.466. The number of aryl methyl sites for hydroxylation is 1. The van der Waals surface area contributed by atoms with E-state index in [1.54, 1.807) is 12.1 Å². The first-order valence-electron chi connectivity index (χ1n) is 9.84. The van der Waals surface area contributed by atoms with Crippen molar-refractivity contribution in [3.63, 3.8) is 0 Å². The first-order valence-corrected chi connectivity index (χ1v) is 10.2. The molecule has 0 radical (unpaired) electrons. The highest BCUT2D eigenvalue weighted by Crippen LogP contribution is 2.21. The van der Waals surface area contributed by atoms with Gasteiger partial charge in [-0.25, -0.2) is 4.79 Å². The van der Waals surface area contributed by atoms with Gasteiger partial charge < -0.3 is 10.6 Å². The van der Waals surface area contributed by atoms with Gasteiger partial charge in [-0.1, -0.05) is 60.1 Å². The van der Waals surface area contributed by atoms with Crippen LogP contribution in [-0.2, 0) is 17.9 Å². The second kappa shape index (κ2) is 9.02. The van der Waals surface area contributed by atoms with Crippen molar-refractivity contribution in [2.24, 2.45) is 0 Å². The van der Waals surface area contributed by atoms with E-state index in [-0.39, 0.29) is 12.5 Å². The fraction of sp³-hybridized carbons (Fsp3) is 0.125. The van der Waals surface area contributed by atoms with E-state index in [1.165, 1.54) is 4.57 Å². The van der Waals surface area contributed by atoms with Gasteiger partial charge in [-0.3, -0.25) is 9.36 Å². The summed E-state index contributed by atoms with van der Waals surface area (Å²) in [6, 6.07) is 22.5. The van der Waals surface area contributed by atoms with Gasteiger partial charge in [0.25, 0.3) is 0 Å². The minimum absolute atomic E-state index is 0.156. The summed E-state index contributed by atoms with van der Waals surface area (Å²) in [4.78, 5) is 29.6. The third kappa shape index (κ3) is 4.75. The summed E-state index contributed by atoms with van der Waals surface area (Å²) >= 11 is 6.13. The maximum atomic E-state index is 12.8. The van der Waals surface area contributed by atoms with Gasteiger partial charge in [0.2, 0.25) is 5.91 Å². The molecule has 7 heteroatoms. The predicted octanol–water partition coefficient (Wildman–Crippen LogP) is 4.61. The Hall–Kier alpha value is -3.64. The minimum atomic E-state index is -0.494. The molecule has 1 heterocycles. The summed E-state index contributed by atoms with van der Waals surface area (Å²) < 4.78 is 1.37. The molecule has 4 rings (SSSR count). The highest BCUT2D eigenvalue weighted by Gasteiger charge is 2.13. The molecule has 0 saturated carbocycles. The first kappa shape index (κ1) is 20.6. The fourth-order valence-corrected chi connectivity index (χ4v) is 3.49. The number of hydrogen-bond acceptors (Lipinski definition) is 4. The molecule has 0 aliphatic rings. The van der Waals surface area contributed by atoms with E-state index in [9.17, 15) is 9.59 Å². The number of halogens is 1. The monoisotopic (exact) mass is 432 g/mol. The Labute approximate surface area is 184 Å². The number of carbonyl (C=O) groups is 1. The van der Waals surface area contributed by atoms with Crippen molar-refractivity contribution in [2.45, 2.75) is 20.0 Å². The molecule has 31 heavy (non-hydrogen) atoms. The minimum Gasteiger partial charge on any atom is -0.365 e. The summed E-state index contributed by atoms with van der Waals surface area (Å²) in [5.41, 5.74) is 2.71. The summed E-state index contributed by atoms with van der Waals surface area (Å²) in [7, 11) is 0. The average molecular weight is 433 g/mol. The third-order valence-electron chi connectivity index (χ3n) is 4.95. The van der Waals surface area contributed by atoms with E-state index in [4.69, 9.17) is 11.6 Å². The second-order valence-corrected chi connectivity index (χ2v) is 7.60. The molecule has 2 N–H and O–H groups in total. The normalized spacial score (nSPS) is 10.8. The molecule has 0 fully saturated rings. The third-order valence-corrected chi connectivity index (χ3v) is 5.36. The van der Waals surface area contributed by atoms with Crippen molar-refractivity contribution in [3.8, 4) is 0 Å². The molecular weight excluding hydrogens is 412 g/mol. The van der Waals surface area contributed by atoms with Crippen LogP contribution in [0.2, 0.25) is 5.02 Å². The lowest BCUT2D eigenvalue weighted by atomic mass is 10.2. The van der Waals surface area contributed by atoms with E-state index in [0.717, 1.165) is 16.5 Å². The molecule has 0 unspecified atom stereocenters. The molecule has 3 aromatic carbocycles. The number of rotatable bonds is 6. The zero-order chi connectivity index (χ0) is 21.8. The van der Waals surface area contributed by atoms with E-state index in [2.05, 4.69) is 15.6 Å². The van der Waals surface area contributed by atoms with Crippen molar-refractivity contribution >= 4 is 39.9 Å². The van der Waals surface area contributed by atoms with Gasteiger partial charge in [-0.05, 0) is 42.3 Å². The highest BCUT2D eigenvalue weighted by molar-refractivity contribution is 6.31. The summed E-state index contributed by atoms with van der Waals surface area (Å²) in [5, 5.41) is 7.36. The molecule has 1 aromatic heterocycles. The van der Waals surface area contributed by atoms with Crippen LogP contribution in [0.1, 0.15) is 11.1 Å². The topological polar surface area (TPSA) is 76.0 Å². The number of anilines is 2. The number of carbonyl (C=O) groups excluding carboxylic acids is 1. The number of amides is 1. The standard InChI is InChI=1S/C24H21ClN4O2/c1-16-11-12-18(13-20(16)25)27-22(30)15-29-21-10-6-5-9-19(21)23(28-24(29)31)26-14-17-7-3-2-4-8-17/h2-13H,14-15H2,1H3,(H,27,30)(H,26,28,31). The molecule has 1 amide bonds. The molecule has 0 saturated heterocycles. The van der Waals surface area contributed by atoms with Gasteiger partial charge >= 0.3 is 5.69 Å². The zero-order valence-corrected chi connectivity index (χ0v) is 17.7. The van der Waals surface area contributed by atoms with E-state index in [1.807, 2.05) is 67.6 Å². The van der Waals surface area contributed by atoms with E-state index in [0.29, 0.717) is 28.6 Å². The van der Waals surface area contributed by atoms with Crippen LogP contribution in [0.15, 0.2) is 77.6 Å². The largest absolute Gasteiger partial charge is 0.365 e. The number of para-hydroxylation sites is 1. The molecular formula is C24H21ClN4O2. The zero-order valence-electron chi connectivity index (χ0n) is 16.9. The molecule has 0 aliphatic carbocycles. The molecule has 0 aliphatic heterocycles. The van der Waals surface area contributed by atoms with Crippen molar-refractivity contribution < 1.29 is 4.79 Å². The lowest BCUT2D eigenvalue weighted by molar-refractivity contribution is -0.116. The Morgan fingerprint density at radius 2 is 1.77 bits per heavy atom. The van der Waals surface area contributed by atoms with Crippen LogP contribution in [0.25, 0.3) is 10.9 Å². The highest BCUT2D eigenvalue weighted by atomic mass is 35.5. The Bertz CT molecular complexity index is 1300. The van der Waals surface area contributed by atoms with Crippen molar-refractivity contribution in [1.29, 1.82) is 0 Å². The second-order valence-electron chi connectivity index (χ2n) is 7.20. The molecule has 4 aromatic rings. The predicted molar refractivity (Wildman–Crippen MR) is 125 cm³/mol. The lowest BCUT2D eigenvalue weighted by Gasteiger charge is -2.14. The maximum absolute atomic E-state index is 12.8. The maximum Gasteiger partial charge on any atom is 0.350 e. The smallest absolute Gasteiger partial charge is 0.350 e. The van der Waals surface area contributed by atoms with Crippen LogP contribution >= 0.6 is 11.6 Å². The Balaban J connectivity index is 1.59. The number of aromatic nitrogens is 2. The molecule has 156 valence electrons. The van der Waals surface area contributed by atoms with Gasteiger partial charge in [-0.2, -0.15) is 4.98 Å². The van der Waals surface area contributed by atoms with Gasteiger partial charge in [0.15, 0.2) is 0 Å². The van der Waals surface area contributed by atoms with Crippen LogP contribution in [0.4, 0.5) is 11.5 Å². The Kier molecular flexibility index (Phi) is 6.00. The van der Waals surface area contributed by atoms with Crippen molar-refractivity contribution in [2.75, 3.05) is 10.6 Å². The van der Waals surface area contributed by atoms with Crippen LogP contribution in [0.3, 0.4) is 0 Å². The SMILES string of the molecule is Cc1ccc(NC(=O)Cn2c(=O)nc(NCc3ccccc3)c3ccccc32)cc1Cl. The van der Waals surface area contributed by atoms with Crippen molar-refractivity contribution in [1.82, 2.24) is 9.55 Å². The lowest BCUT2D eigenvalue weighted by Crippen LogP contribution is -2.30. The van der Waals surface area contributed by atoms with Crippen LogP contribution in [0, 0.1) is 6.92 Å². The summed E-state index contributed by atoms with van der Waals surface area (Å²) in [6.07, 6.45) is 0. The van der Waals surface area contributed by atoms with Crippen LogP contribution in [0.5, 0.6) is 0 Å². The Morgan fingerprint density at radius 1 is 1.03 bits per heavy atom. The number of fused-ring (bicyclic) bond motifs is 1. The van der Waals surface area contributed by atoms with E-state index >= 15 is 0 Å². The number of nitrogens with zero attached hydrogens (tertiary/aromatic N) is 2. The molecule has 0 bridgehead atoms. The summed E-state index contributed by atoms with van der Waals surface area (Å²) in [5.74, 6) is 0.158. The average Bonchev–Trinajstić information content (AvgIpc) is 2.78. The number of nitrogens with one attached hydrogen (secondary N) is 2. The van der Waals surface area contributed by atoms with Gasteiger partial charge in [0, 0.05) is 22.6 Å². The molecule has 6 nitrogen and oxygen atoms in total.